The maximum absolute atomic E-state index is 12.2. The van der Waals surface area contributed by atoms with Crippen LogP contribution in [0.4, 0.5) is 0 Å². The molecule has 1 amide bonds. The molecule has 6 heteroatoms. The monoisotopic (exact) mass is 355 g/mol. The molecule has 0 bridgehead atoms. The number of hydrogen-bond donors (Lipinski definition) is 1. The summed E-state index contributed by atoms with van der Waals surface area (Å²) < 4.78 is 7.16. The van der Waals surface area contributed by atoms with Crippen molar-refractivity contribution >= 4 is 5.91 Å². The summed E-state index contributed by atoms with van der Waals surface area (Å²) in [7, 11) is 0. The van der Waals surface area contributed by atoms with Crippen LogP contribution < -0.4 is 15.6 Å². The molecule has 1 atom stereocenters. The van der Waals surface area contributed by atoms with Crippen LogP contribution in [0.15, 0.2) is 29.1 Å². The molecule has 26 heavy (non-hydrogen) atoms. The van der Waals surface area contributed by atoms with E-state index in [0.29, 0.717) is 18.8 Å². The molecule has 6 nitrogen and oxygen atoms in total. The predicted octanol–water partition coefficient (Wildman–Crippen LogP) is 1.93. The second kappa shape index (κ2) is 7.72. The maximum Gasteiger partial charge on any atom is 0.267 e. The molecule has 138 valence electrons. The van der Waals surface area contributed by atoms with Crippen LogP contribution in [0.1, 0.15) is 35.7 Å². The van der Waals surface area contributed by atoms with Gasteiger partial charge in [0.1, 0.15) is 5.75 Å². The van der Waals surface area contributed by atoms with E-state index in [2.05, 4.69) is 16.5 Å². The number of ether oxygens (including phenoxy) is 1. The van der Waals surface area contributed by atoms with Gasteiger partial charge in [0.2, 0.25) is 0 Å². The normalized spacial score (nSPS) is 14.0. The van der Waals surface area contributed by atoms with Crippen molar-refractivity contribution in [3.05, 3.63) is 57.0 Å². The molecule has 0 saturated heterocycles. The fraction of sp³-hybridized carbons (Fsp3) is 0.450. The number of carbonyl (C=O) groups is 1. The van der Waals surface area contributed by atoms with E-state index in [9.17, 15) is 9.59 Å². The van der Waals surface area contributed by atoms with Gasteiger partial charge in [0.15, 0.2) is 6.10 Å². The van der Waals surface area contributed by atoms with Crippen molar-refractivity contribution in [2.75, 3.05) is 6.54 Å². The third-order valence-corrected chi connectivity index (χ3v) is 4.52. The molecule has 1 aromatic heterocycles. The predicted molar refractivity (Wildman–Crippen MR) is 99.5 cm³/mol. The summed E-state index contributed by atoms with van der Waals surface area (Å²) in [5, 5.41) is 7.21. The first-order chi connectivity index (χ1) is 12.4. The second-order valence-electron chi connectivity index (χ2n) is 6.91. The molecule has 3 rings (SSSR count). The van der Waals surface area contributed by atoms with E-state index in [1.807, 2.05) is 26.0 Å². The fourth-order valence-electron chi connectivity index (χ4n) is 3.29. The lowest BCUT2D eigenvalue weighted by atomic mass is 10.1. The smallest absolute Gasteiger partial charge is 0.267 e. The van der Waals surface area contributed by atoms with Crippen LogP contribution in [0.25, 0.3) is 0 Å². The molecule has 0 saturated carbocycles. The number of aromatic nitrogens is 2. The number of benzene rings is 1. The minimum absolute atomic E-state index is 0.112. The highest BCUT2D eigenvalue weighted by atomic mass is 16.5. The average Bonchev–Trinajstić information content (AvgIpc) is 3.00. The van der Waals surface area contributed by atoms with Gasteiger partial charge >= 0.3 is 0 Å². The average molecular weight is 355 g/mol. The summed E-state index contributed by atoms with van der Waals surface area (Å²) in [5.74, 6) is 0.472. The number of fused-ring (bicyclic) bond motifs is 1. The Bertz CT molecular complexity index is 853. The van der Waals surface area contributed by atoms with Crippen LogP contribution in [-0.2, 0) is 24.2 Å². The van der Waals surface area contributed by atoms with Crippen molar-refractivity contribution < 1.29 is 9.53 Å². The zero-order valence-corrected chi connectivity index (χ0v) is 15.5. The standard InChI is InChI=1S/C20H25N3O3/c1-13-9-14(2)11-17(10-13)26-15(3)20(25)21-7-8-23-19(24)12-16-5-4-6-18(16)22-23/h9-12,15H,4-8H2,1-3H3,(H,21,25). The first kappa shape index (κ1) is 18.2. The van der Waals surface area contributed by atoms with Gasteiger partial charge in [-0.15, -0.1) is 0 Å². The van der Waals surface area contributed by atoms with Crippen LogP contribution in [0.5, 0.6) is 5.75 Å². The summed E-state index contributed by atoms with van der Waals surface area (Å²) in [6.45, 7) is 6.39. The summed E-state index contributed by atoms with van der Waals surface area (Å²) in [5.41, 5.74) is 4.14. The Balaban J connectivity index is 1.53. The summed E-state index contributed by atoms with van der Waals surface area (Å²) in [4.78, 5) is 24.3. The lowest BCUT2D eigenvalue weighted by Gasteiger charge is -2.16. The first-order valence-electron chi connectivity index (χ1n) is 9.05. The van der Waals surface area contributed by atoms with E-state index in [1.54, 1.807) is 13.0 Å². The van der Waals surface area contributed by atoms with Crippen LogP contribution in [-0.4, -0.2) is 28.3 Å². The number of nitrogens with zero attached hydrogens (tertiary/aromatic N) is 2. The number of nitrogens with one attached hydrogen (secondary N) is 1. The number of carbonyl (C=O) groups excluding carboxylic acids is 1. The van der Waals surface area contributed by atoms with Crippen molar-refractivity contribution in [3.63, 3.8) is 0 Å². The minimum atomic E-state index is -0.610. The van der Waals surface area contributed by atoms with Gasteiger partial charge < -0.3 is 10.1 Å². The summed E-state index contributed by atoms with van der Waals surface area (Å²) in [6.07, 6.45) is 2.29. The van der Waals surface area contributed by atoms with E-state index in [-0.39, 0.29) is 11.5 Å². The first-order valence-corrected chi connectivity index (χ1v) is 9.05. The van der Waals surface area contributed by atoms with Gasteiger partial charge in [0, 0.05) is 12.6 Å². The minimum Gasteiger partial charge on any atom is -0.481 e. The Hall–Kier alpha value is -2.63. The molecular weight excluding hydrogens is 330 g/mol. The molecule has 0 fully saturated rings. The Morgan fingerprint density at radius 3 is 2.69 bits per heavy atom. The van der Waals surface area contributed by atoms with E-state index < -0.39 is 6.10 Å². The summed E-state index contributed by atoms with van der Waals surface area (Å²) in [6, 6.07) is 7.54. The Kier molecular flexibility index (Phi) is 5.40. The van der Waals surface area contributed by atoms with E-state index >= 15 is 0 Å². The molecule has 1 unspecified atom stereocenters. The Labute approximate surface area is 153 Å². The number of amides is 1. The van der Waals surface area contributed by atoms with Gasteiger partial charge in [-0.2, -0.15) is 5.10 Å². The van der Waals surface area contributed by atoms with Gasteiger partial charge in [0.25, 0.3) is 11.5 Å². The molecule has 0 aliphatic heterocycles. The van der Waals surface area contributed by atoms with E-state index in [0.717, 1.165) is 41.6 Å². The Morgan fingerprint density at radius 1 is 1.23 bits per heavy atom. The molecule has 1 aliphatic carbocycles. The zero-order valence-electron chi connectivity index (χ0n) is 15.5. The highest BCUT2D eigenvalue weighted by Crippen LogP contribution is 2.18. The van der Waals surface area contributed by atoms with E-state index in [4.69, 9.17) is 4.74 Å². The van der Waals surface area contributed by atoms with Gasteiger partial charge in [-0.25, -0.2) is 4.68 Å². The van der Waals surface area contributed by atoms with Crippen LogP contribution in [0, 0.1) is 13.8 Å². The van der Waals surface area contributed by atoms with Crippen LogP contribution in [0.2, 0.25) is 0 Å². The molecular formula is C20H25N3O3. The topological polar surface area (TPSA) is 73.2 Å². The molecule has 0 radical (unpaired) electrons. The molecule has 1 N–H and O–H groups in total. The van der Waals surface area contributed by atoms with Crippen molar-refractivity contribution in [3.8, 4) is 5.75 Å². The third-order valence-electron chi connectivity index (χ3n) is 4.52. The maximum atomic E-state index is 12.2. The van der Waals surface area contributed by atoms with Crippen molar-refractivity contribution in [1.82, 2.24) is 15.1 Å². The van der Waals surface area contributed by atoms with Crippen molar-refractivity contribution in [2.24, 2.45) is 0 Å². The van der Waals surface area contributed by atoms with Gasteiger partial charge in [-0.3, -0.25) is 9.59 Å². The molecule has 1 aromatic carbocycles. The zero-order chi connectivity index (χ0) is 18.7. The largest absolute Gasteiger partial charge is 0.481 e. The van der Waals surface area contributed by atoms with Crippen LogP contribution >= 0.6 is 0 Å². The highest BCUT2D eigenvalue weighted by molar-refractivity contribution is 5.80. The lowest BCUT2D eigenvalue weighted by molar-refractivity contribution is -0.127. The highest BCUT2D eigenvalue weighted by Gasteiger charge is 2.16. The second-order valence-corrected chi connectivity index (χ2v) is 6.91. The van der Waals surface area contributed by atoms with Gasteiger partial charge in [0.05, 0.1) is 12.2 Å². The van der Waals surface area contributed by atoms with Crippen molar-refractivity contribution in [2.45, 2.75) is 52.7 Å². The lowest BCUT2D eigenvalue weighted by Crippen LogP contribution is -2.39. The van der Waals surface area contributed by atoms with Gasteiger partial charge in [-0.1, -0.05) is 6.07 Å². The number of hydrogen-bond acceptors (Lipinski definition) is 4. The molecule has 0 spiro atoms. The molecule has 1 heterocycles. The number of rotatable bonds is 6. The van der Waals surface area contributed by atoms with Gasteiger partial charge in [-0.05, 0) is 68.9 Å². The SMILES string of the molecule is Cc1cc(C)cc(OC(C)C(=O)NCCn2nc3c(cc2=O)CCC3)c1. The Morgan fingerprint density at radius 2 is 1.96 bits per heavy atom. The quantitative estimate of drug-likeness (QED) is 0.859. The van der Waals surface area contributed by atoms with Crippen LogP contribution in [0.3, 0.4) is 0 Å². The van der Waals surface area contributed by atoms with E-state index in [1.165, 1.54) is 4.68 Å². The molecule has 1 aliphatic rings. The summed E-state index contributed by atoms with van der Waals surface area (Å²) >= 11 is 0. The third kappa shape index (κ3) is 4.31. The molecule has 2 aromatic rings. The van der Waals surface area contributed by atoms with Crippen molar-refractivity contribution in [1.29, 1.82) is 0 Å². The number of aryl methyl sites for hydroxylation is 4. The fourth-order valence-corrected chi connectivity index (χ4v) is 3.29.